The number of pyridine rings is 1. The molecular formula is C17H21ClN4O3S. The minimum atomic E-state index is -3.99. The molecule has 0 radical (unpaired) electrons. The van der Waals surface area contributed by atoms with Crippen LogP contribution in [0.25, 0.3) is 0 Å². The predicted molar refractivity (Wildman–Crippen MR) is 100 cm³/mol. The Bertz CT molecular complexity index is 945. The molecule has 2 aromatic heterocycles. The Hall–Kier alpha value is -2.06. The summed E-state index contributed by atoms with van der Waals surface area (Å²) in [6.45, 7) is 4.75. The highest BCUT2D eigenvalue weighted by atomic mass is 35.5. The number of carbonyl (C=O) groups excluding carboxylic acids is 1. The molecular weight excluding hydrogens is 376 g/mol. The average molecular weight is 397 g/mol. The maximum absolute atomic E-state index is 13.0. The fourth-order valence-corrected chi connectivity index (χ4v) is 4.84. The summed E-state index contributed by atoms with van der Waals surface area (Å²) >= 11 is 5.80. The minimum Gasteiger partial charge on any atom is -0.350 e. The van der Waals surface area contributed by atoms with Gasteiger partial charge in [-0.25, -0.2) is 13.4 Å². The molecule has 1 aliphatic rings. The summed E-state index contributed by atoms with van der Waals surface area (Å²) in [7, 11) is -2.23. The first-order valence-electron chi connectivity index (χ1n) is 8.32. The third-order valence-electron chi connectivity index (χ3n) is 4.77. The van der Waals surface area contributed by atoms with Crippen molar-refractivity contribution in [1.82, 2.24) is 14.5 Å². The van der Waals surface area contributed by atoms with Gasteiger partial charge in [0.25, 0.3) is 15.9 Å². The number of anilines is 1. The van der Waals surface area contributed by atoms with Crippen LogP contribution in [0.4, 0.5) is 5.82 Å². The maximum Gasteiger partial charge on any atom is 0.265 e. The summed E-state index contributed by atoms with van der Waals surface area (Å²) in [5.74, 6) is -0.0944. The molecule has 0 aliphatic carbocycles. The first-order chi connectivity index (χ1) is 12.2. The molecule has 1 N–H and O–H groups in total. The molecule has 26 heavy (non-hydrogen) atoms. The van der Waals surface area contributed by atoms with E-state index in [1.165, 1.54) is 12.3 Å². The van der Waals surface area contributed by atoms with E-state index in [1.807, 2.05) is 0 Å². The van der Waals surface area contributed by atoms with Crippen molar-refractivity contribution in [3.63, 3.8) is 0 Å². The van der Waals surface area contributed by atoms with Crippen molar-refractivity contribution in [3.8, 4) is 0 Å². The highest BCUT2D eigenvalue weighted by Gasteiger charge is 2.33. The highest BCUT2D eigenvalue weighted by molar-refractivity contribution is 7.92. The molecule has 1 aliphatic heterocycles. The smallest absolute Gasteiger partial charge is 0.265 e. The van der Waals surface area contributed by atoms with Crippen LogP contribution in [-0.2, 0) is 17.1 Å². The topological polar surface area (TPSA) is 84.3 Å². The van der Waals surface area contributed by atoms with Gasteiger partial charge in [0.05, 0.1) is 10.6 Å². The van der Waals surface area contributed by atoms with Gasteiger partial charge in [0.15, 0.2) is 0 Å². The number of rotatable bonds is 4. The van der Waals surface area contributed by atoms with Gasteiger partial charge in [-0.1, -0.05) is 11.6 Å². The van der Waals surface area contributed by atoms with Gasteiger partial charge < -0.3 is 9.47 Å². The van der Waals surface area contributed by atoms with Crippen molar-refractivity contribution in [1.29, 1.82) is 0 Å². The molecule has 9 heteroatoms. The van der Waals surface area contributed by atoms with Crippen LogP contribution in [0.15, 0.2) is 23.2 Å². The largest absolute Gasteiger partial charge is 0.350 e. The first-order valence-corrected chi connectivity index (χ1v) is 10.2. The second kappa shape index (κ2) is 6.92. The lowest BCUT2D eigenvalue weighted by Crippen LogP contribution is -2.30. The zero-order valence-electron chi connectivity index (χ0n) is 14.9. The van der Waals surface area contributed by atoms with E-state index >= 15 is 0 Å². The van der Waals surface area contributed by atoms with Gasteiger partial charge >= 0.3 is 0 Å². The SMILES string of the molecule is Cc1c(C(=O)N2CCCC2)c(S(=O)(=O)Nc2ccc(Cl)cn2)c(C)n1C. The zero-order valence-corrected chi connectivity index (χ0v) is 16.5. The second-order valence-corrected chi connectivity index (χ2v) is 8.46. The Morgan fingerprint density at radius 1 is 1.19 bits per heavy atom. The molecule has 7 nitrogen and oxygen atoms in total. The molecule has 3 rings (SSSR count). The van der Waals surface area contributed by atoms with Crippen LogP contribution in [0, 0.1) is 13.8 Å². The first kappa shape index (κ1) is 18.7. The quantitative estimate of drug-likeness (QED) is 0.861. The van der Waals surface area contributed by atoms with E-state index in [0.717, 1.165) is 12.8 Å². The van der Waals surface area contributed by atoms with Gasteiger partial charge in [-0.3, -0.25) is 9.52 Å². The van der Waals surface area contributed by atoms with Crippen molar-refractivity contribution in [2.24, 2.45) is 7.05 Å². The summed E-state index contributed by atoms with van der Waals surface area (Å²) in [6.07, 6.45) is 3.23. The predicted octanol–water partition coefficient (Wildman–Crippen LogP) is 2.73. The molecule has 1 saturated heterocycles. The summed E-state index contributed by atoms with van der Waals surface area (Å²) < 4.78 is 30.3. The molecule has 0 bridgehead atoms. The average Bonchev–Trinajstić information content (AvgIpc) is 3.20. The van der Waals surface area contributed by atoms with Crippen LogP contribution in [0.3, 0.4) is 0 Å². The van der Waals surface area contributed by atoms with Crippen molar-refractivity contribution >= 4 is 33.3 Å². The third kappa shape index (κ3) is 3.31. The van der Waals surface area contributed by atoms with Gasteiger partial charge in [-0.05, 0) is 38.8 Å². The van der Waals surface area contributed by atoms with E-state index in [-0.39, 0.29) is 22.2 Å². The lowest BCUT2D eigenvalue weighted by Gasteiger charge is -2.17. The number of nitrogens with zero attached hydrogens (tertiary/aromatic N) is 3. The number of sulfonamides is 1. The molecule has 0 unspecified atom stereocenters. The lowest BCUT2D eigenvalue weighted by atomic mass is 10.2. The van der Waals surface area contributed by atoms with E-state index in [9.17, 15) is 13.2 Å². The van der Waals surface area contributed by atoms with Gasteiger partial charge in [0, 0.05) is 37.7 Å². The number of nitrogens with one attached hydrogen (secondary N) is 1. The number of halogens is 1. The van der Waals surface area contributed by atoms with E-state index < -0.39 is 10.0 Å². The van der Waals surface area contributed by atoms with Crippen molar-refractivity contribution in [3.05, 3.63) is 40.3 Å². The van der Waals surface area contributed by atoms with Gasteiger partial charge in [0.2, 0.25) is 0 Å². The van der Waals surface area contributed by atoms with Crippen LogP contribution in [0.1, 0.15) is 34.6 Å². The van der Waals surface area contributed by atoms with E-state index in [4.69, 9.17) is 11.6 Å². The molecule has 1 fully saturated rings. The summed E-state index contributed by atoms with van der Waals surface area (Å²) in [5, 5.41) is 0.407. The number of aromatic nitrogens is 2. The summed E-state index contributed by atoms with van der Waals surface area (Å²) in [4.78, 5) is 18.7. The number of hydrogen-bond donors (Lipinski definition) is 1. The number of amides is 1. The zero-order chi connectivity index (χ0) is 19.1. The van der Waals surface area contributed by atoms with E-state index in [0.29, 0.717) is 29.5 Å². The maximum atomic E-state index is 13.0. The Morgan fingerprint density at radius 3 is 2.42 bits per heavy atom. The Balaban J connectivity index is 2.06. The number of hydrogen-bond acceptors (Lipinski definition) is 4. The molecule has 0 spiro atoms. The van der Waals surface area contributed by atoms with Gasteiger partial charge in [-0.2, -0.15) is 0 Å². The Labute approximate surface area is 158 Å². The second-order valence-electron chi connectivity index (χ2n) is 6.40. The van der Waals surface area contributed by atoms with E-state index in [2.05, 4.69) is 9.71 Å². The van der Waals surface area contributed by atoms with Crippen LogP contribution < -0.4 is 4.72 Å². The van der Waals surface area contributed by atoms with E-state index in [1.54, 1.807) is 36.4 Å². The number of carbonyl (C=O) groups is 1. The molecule has 0 aromatic carbocycles. The standard InChI is InChI=1S/C17H21ClN4O3S/c1-11-15(17(23)22-8-4-5-9-22)16(12(2)21(11)3)26(24,25)20-14-7-6-13(18)10-19-14/h6-7,10H,4-5,8-9H2,1-3H3,(H,19,20). The summed E-state index contributed by atoms with van der Waals surface area (Å²) in [6, 6.07) is 3.03. The van der Waals surface area contributed by atoms with Crippen LogP contribution >= 0.6 is 11.6 Å². The van der Waals surface area contributed by atoms with Crippen LogP contribution in [-0.4, -0.2) is 41.9 Å². The Morgan fingerprint density at radius 2 is 1.85 bits per heavy atom. The van der Waals surface area contributed by atoms with Crippen molar-refractivity contribution in [2.75, 3.05) is 17.8 Å². The highest BCUT2D eigenvalue weighted by Crippen LogP contribution is 2.30. The van der Waals surface area contributed by atoms with Crippen LogP contribution in [0.2, 0.25) is 5.02 Å². The molecule has 2 aromatic rings. The van der Waals surface area contributed by atoms with Gasteiger partial charge in [0.1, 0.15) is 10.7 Å². The van der Waals surface area contributed by atoms with Crippen LogP contribution in [0.5, 0.6) is 0 Å². The fraction of sp³-hybridized carbons (Fsp3) is 0.412. The lowest BCUT2D eigenvalue weighted by molar-refractivity contribution is 0.0788. The molecule has 0 saturated carbocycles. The number of likely N-dealkylation sites (tertiary alicyclic amines) is 1. The molecule has 140 valence electrons. The van der Waals surface area contributed by atoms with Crippen molar-refractivity contribution < 1.29 is 13.2 Å². The van der Waals surface area contributed by atoms with Gasteiger partial charge in [-0.15, -0.1) is 0 Å². The monoisotopic (exact) mass is 396 g/mol. The molecule has 3 heterocycles. The molecule has 0 atom stereocenters. The normalized spacial score (nSPS) is 14.7. The molecule has 1 amide bonds. The van der Waals surface area contributed by atoms with Crippen molar-refractivity contribution in [2.45, 2.75) is 31.6 Å². The minimum absolute atomic E-state index is 0.00569. The Kier molecular flexibility index (Phi) is 4.98. The fourth-order valence-electron chi connectivity index (χ4n) is 3.20. The third-order valence-corrected chi connectivity index (χ3v) is 6.50. The summed E-state index contributed by atoms with van der Waals surface area (Å²) in [5.41, 5.74) is 1.36.